The number of piperazine rings is 1. The van der Waals surface area contributed by atoms with Crippen LogP contribution in [0.25, 0.3) is 11.4 Å². The van der Waals surface area contributed by atoms with Crippen LogP contribution in [0.3, 0.4) is 0 Å². The predicted octanol–water partition coefficient (Wildman–Crippen LogP) is 2.51. The molecule has 7 nitrogen and oxygen atoms in total. The number of halogens is 1. The first-order valence-corrected chi connectivity index (χ1v) is 9.54. The standard InChI is InChI=1S/C20H21ClN6O/c1-25-11-12-26(18(13-25)15-5-3-2-4-6-15)19(28)14-27-23-20(22-24-27)16-7-9-17(21)10-8-16/h2-10,18H,11-14H2,1H3. The second kappa shape index (κ2) is 8.08. The van der Waals surface area contributed by atoms with Crippen molar-refractivity contribution in [3.05, 3.63) is 65.2 Å². The fraction of sp³-hybridized carbons (Fsp3) is 0.300. The zero-order valence-corrected chi connectivity index (χ0v) is 16.3. The monoisotopic (exact) mass is 396 g/mol. The third-order valence-electron chi connectivity index (χ3n) is 4.92. The fourth-order valence-corrected chi connectivity index (χ4v) is 3.54. The summed E-state index contributed by atoms with van der Waals surface area (Å²) in [6.45, 7) is 2.38. The number of aromatic nitrogens is 4. The second-order valence-electron chi connectivity index (χ2n) is 6.93. The van der Waals surface area contributed by atoms with Crippen molar-refractivity contribution in [2.24, 2.45) is 0 Å². The van der Waals surface area contributed by atoms with Crippen LogP contribution in [-0.4, -0.2) is 62.6 Å². The number of benzene rings is 2. The minimum absolute atomic E-state index is 0.0120. The highest BCUT2D eigenvalue weighted by Gasteiger charge is 2.30. The Kier molecular flexibility index (Phi) is 5.36. The summed E-state index contributed by atoms with van der Waals surface area (Å²) in [6.07, 6.45) is 0. The van der Waals surface area contributed by atoms with Crippen molar-refractivity contribution in [3.63, 3.8) is 0 Å². The normalized spacial score (nSPS) is 17.6. The van der Waals surface area contributed by atoms with Gasteiger partial charge in [0.05, 0.1) is 6.04 Å². The average Bonchev–Trinajstić information content (AvgIpc) is 3.17. The third kappa shape index (κ3) is 4.05. The van der Waals surface area contributed by atoms with Crippen LogP contribution in [0.1, 0.15) is 11.6 Å². The molecule has 0 spiro atoms. The number of tetrazole rings is 1. The van der Waals surface area contributed by atoms with Gasteiger partial charge < -0.3 is 9.80 Å². The smallest absolute Gasteiger partial charge is 0.246 e. The van der Waals surface area contributed by atoms with Crippen molar-refractivity contribution in [2.45, 2.75) is 12.6 Å². The molecule has 1 unspecified atom stereocenters. The molecule has 2 aromatic carbocycles. The van der Waals surface area contributed by atoms with E-state index >= 15 is 0 Å². The fourth-order valence-electron chi connectivity index (χ4n) is 3.41. The number of carbonyl (C=O) groups excluding carboxylic acids is 1. The zero-order valence-electron chi connectivity index (χ0n) is 15.6. The van der Waals surface area contributed by atoms with Gasteiger partial charge in [0.25, 0.3) is 0 Å². The lowest BCUT2D eigenvalue weighted by Gasteiger charge is -2.40. The van der Waals surface area contributed by atoms with E-state index in [1.54, 1.807) is 12.1 Å². The largest absolute Gasteiger partial charge is 0.331 e. The van der Waals surface area contributed by atoms with Crippen molar-refractivity contribution in [2.75, 3.05) is 26.7 Å². The minimum Gasteiger partial charge on any atom is -0.331 e. The molecule has 1 amide bonds. The molecular weight excluding hydrogens is 376 g/mol. The van der Waals surface area contributed by atoms with Crippen LogP contribution in [0.15, 0.2) is 54.6 Å². The van der Waals surface area contributed by atoms with Gasteiger partial charge in [0.15, 0.2) is 0 Å². The molecule has 28 heavy (non-hydrogen) atoms. The van der Waals surface area contributed by atoms with Crippen molar-refractivity contribution in [3.8, 4) is 11.4 Å². The second-order valence-corrected chi connectivity index (χ2v) is 7.36. The molecule has 1 aliphatic heterocycles. The van der Waals surface area contributed by atoms with Gasteiger partial charge >= 0.3 is 0 Å². The number of carbonyl (C=O) groups is 1. The summed E-state index contributed by atoms with van der Waals surface area (Å²) in [7, 11) is 2.08. The molecule has 0 N–H and O–H groups in total. The van der Waals surface area contributed by atoms with Gasteiger partial charge in [0.1, 0.15) is 6.54 Å². The summed E-state index contributed by atoms with van der Waals surface area (Å²) in [4.78, 5) is 18.5. The van der Waals surface area contributed by atoms with Gasteiger partial charge in [-0.1, -0.05) is 41.9 Å². The van der Waals surface area contributed by atoms with Crippen LogP contribution in [0, 0.1) is 0 Å². The molecule has 0 radical (unpaired) electrons. The van der Waals surface area contributed by atoms with Gasteiger partial charge in [-0.2, -0.15) is 4.80 Å². The maximum absolute atomic E-state index is 13.0. The molecule has 1 aliphatic rings. The Morgan fingerprint density at radius 2 is 1.86 bits per heavy atom. The first-order chi connectivity index (χ1) is 13.6. The van der Waals surface area contributed by atoms with E-state index in [4.69, 9.17) is 11.6 Å². The van der Waals surface area contributed by atoms with E-state index in [2.05, 4.69) is 39.5 Å². The summed E-state index contributed by atoms with van der Waals surface area (Å²) < 4.78 is 0. The molecule has 0 aliphatic carbocycles. The molecular formula is C20H21ClN6O. The summed E-state index contributed by atoms with van der Waals surface area (Å²) in [5, 5.41) is 13.1. The van der Waals surface area contributed by atoms with Gasteiger partial charge in [-0.05, 0) is 42.1 Å². The van der Waals surface area contributed by atoms with Crippen molar-refractivity contribution >= 4 is 17.5 Å². The molecule has 1 saturated heterocycles. The van der Waals surface area contributed by atoms with Crippen molar-refractivity contribution < 1.29 is 4.79 Å². The summed E-state index contributed by atoms with van der Waals surface area (Å²) in [5.74, 6) is 0.462. The Labute approximate surface area is 168 Å². The highest BCUT2D eigenvalue weighted by molar-refractivity contribution is 6.30. The van der Waals surface area contributed by atoms with E-state index in [1.807, 2.05) is 35.2 Å². The van der Waals surface area contributed by atoms with Crippen LogP contribution >= 0.6 is 11.6 Å². The Hall–Kier alpha value is -2.77. The van der Waals surface area contributed by atoms with E-state index in [0.29, 0.717) is 17.4 Å². The Morgan fingerprint density at radius 1 is 1.11 bits per heavy atom. The van der Waals surface area contributed by atoms with Crippen molar-refractivity contribution in [1.82, 2.24) is 30.0 Å². The highest BCUT2D eigenvalue weighted by Crippen LogP contribution is 2.25. The van der Waals surface area contributed by atoms with Crippen LogP contribution < -0.4 is 0 Å². The van der Waals surface area contributed by atoms with Crippen LogP contribution in [0.4, 0.5) is 0 Å². The molecule has 1 atom stereocenters. The lowest BCUT2D eigenvalue weighted by Crippen LogP contribution is -2.50. The molecule has 0 bridgehead atoms. The topological polar surface area (TPSA) is 67.2 Å². The van der Waals surface area contributed by atoms with Gasteiger partial charge in [0, 0.05) is 30.2 Å². The van der Waals surface area contributed by atoms with E-state index < -0.39 is 0 Å². The van der Waals surface area contributed by atoms with E-state index in [9.17, 15) is 4.79 Å². The predicted molar refractivity (Wildman–Crippen MR) is 107 cm³/mol. The van der Waals surface area contributed by atoms with Gasteiger partial charge in [0.2, 0.25) is 11.7 Å². The summed E-state index contributed by atoms with van der Waals surface area (Å²) in [5.41, 5.74) is 1.95. The lowest BCUT2D eigenvalue weighted by atomic mass is 10.0. The Balaban J connectivity index is 1.50. The van der Waals surface area contributed by atoms with Crippen LogP contribution in [0.2, 0.25) is 5.02 Å². The molecule has 8 heteroatoms. The summed E-state index contributed by atoms with van der Waals surface area (Å²) in [6, 6.07) is 17.4. The first kappa shape index (κ1) is 18.6. The molecule has 1 aromatic heterocycles. The quantitative estimate of drug-likeness (QED) is 0.677. The van der Waals surface area contributed by atoms with Crippen LogP contribution in [0.5, 0.6) is 0 Å². The number of likely N-dealkylation sites (N-methyl/N-ethyl adjacent to an activating group) is 1. The number of hydrogen-bond acceptors (Lipinski definition) is 5. The van der Waals surface area contributed by atoms with E-state index in [0.717, 1.165) is 24.2 Å². The van der Waals surface area contributed by atoms with Crippen LogP contribution in [-0.2, 0) is 11.3 Å². The van der Waals surface area contributed by atoms with Crippen molar-refractivity contribution in [1.29, 1.82) is 0 Å². The maximum Gasteiger partial charge on any atom is 0.246 e. The van der Waals surface area contributed by atoms with Gasteiger partial charge in [-0.3, -0.25) is 4.79 Å². The maximum atomic E-state index is 13.0. The molecule has 2 heterocycles. The number of nitrogens with zero attached hydrogens (tertiary/aromatic N) is 6. The summed E-state index contributed by atoms with van der Waals surface area (Å²) >= 11 is 5.92. The molecule has 144 valence electrons. The Morgan fingerprint density at radius 3 is 2.61 bits per heavy atom. The number of hydrogen-bond donors (Lipinski definition) is 0. The SMILES string of the molecule is CN1CCN(C(=O)Cn2nnc(-c3ccc(Cl)cc3)n2)C(c2ccccc2)C1. The lowest BCUT2D eigenvalue weighted by molar-refractivity contribution is -0.137. The highest BCUT2D eigenvalue weighted by atomic mass is 35.5. The first-order valence-electron chi connectivity index (χ1n) is 9.17. The average molecular weight is 397 g/mol. The Bertz CT molecular complexity index is 943. The molecule has 0 saturated carbocycles. The third-order valence-corrected chi connectivity index (χ3v) is 5.17. The number of rotatable bonds is 4. The molecule has 1 fully saturated rings. The van der Waals surface area contributed by atoms with Gasteiger partial charge in [-0.15, -0.1) is 10.2 Å². The molecule has 3 aromatic rings. The molecule has 4 rings (SSSR count). The van der Waals surface area contributed by atoms with E-state index in [1.165, 1.54) is 4.80 Å². The van der Waals surface area contributed by atoms with Gasteiger partial charge in [-0.25, -0.2) is 0 Å². The zero-order chi connectivity index (χ0) is 19.5. The number of amides is 1. The minimum atomic E-state index is -0.0120. The van der Waals surface area contributed by atoms with E-state index in [-0.39, 0.29) is 18.5 Å².